The van der Waals surface area contributed by atoms with E-state index in [2.05, 4.69) is 58.1 Å². The number of methoxy groups -OCH3 is 1. The molecule has 1 nitrogen and oxygen atoms in total. The monoisotopic (exact) mass is 418 g/mol. The molecule has 30 heavy (non-hydrogen) atoms. The molecule has 0 radical (unpaired) electrons. The highest BCUT2D eigenvalue weighted by Crippen LogP contribution is 2.28. The molecular formula is C26H33F3O. The topological polar surface area (TPSA) is 9.23 Å². The molecule has 0 aliphatic carbocycles. The summed E-state index contributed by atoms with van der Waals surface area (Å²) in [5.74, 6) is -2.80. The van der Waals surface area contributed by atoms with Gasteiger partial charge in [-0.25, -0.2) is 8.78 Å². The first-order chi connectivity index (χ1) is 13.8. The van der Waals surface area contributed by atoms with Crippen LogP contribution in [-0.2, 0) is 4.74 Å². The van der Waals surface area contributed by atoms with Crippen LogP contribution in [0.1, 0.15) is 33.6 Å². The lowest BCUT2D eigenvalue weighted by molar-refractivity contribution is 0.281. The van der Waals surface area contributed by atoms with Crippen molar-refractivity contribution in [1.82, 2.24) is 0 Å². The van der Waals surface area contributed by atoms with E-state index in [-0.39, 0.29) is 28.2 Å². The summed E-state index contributed by atoms with van der Waals surface area (Å²) < 4.78 is 46.9. The van der Waals surface area contributed by atoms with Gasteiger partial charge in [0.1, 0.15) is 11.6 Å². The van der Waals surface area contributed by atoms with Gasteiger partial charge in [0, 0.05) is 11.1 Å². The van der Waals surface area contributed by atoms with Crippen LogP contribution in [0.25, 0.3) is 0 Å². The second-order valence-corrected chi connectivity index (χ2v) is 7.54. The Kier molecular flexibility index (Phi) is 11.6. The van der Waals surface area contributed by atoms with E-state index in [0.717, 1.165) is 12.8 Å². The van der Waals surface area contributed by atoms with E-state index in [0.29, 0.717) is 11.5 Å². The number of rotatable bonds is 13. The Morgan fingerprint density at radius 3 is 1.77 bits per heavy atom. The molecule has 0 amide bonds. The minimum Gasteiger partial charge on any atom is -0.494 e. The molecule has 0 heterocycles. The Morgan fingerprint density at radius 1 is 0.800 bits per heavy atom. The molecule has 1 unspecified atom stereocenters. The molecule has 0 aromatic rings. The molecule has 0 saturated heterocycles. The van der Waals surface area contributed by atoms with Crippen LogP contribution in [-0.4, -0.2) is 7.11 Å². The lowest BCUT2D eigenvalue weighted by Gasteiger charge is -2.14. The molecule has 1 atom stereocenters. The van der Waals surface area contributed by atoms with Crippen LogP contribution in [0.15, 0.2) is 109 Å². The van der Waals surface area contributed by atoms with E-state index < -0.39 is 23.2 Å². The quantitative estimate of drug-likeness (QED) is 0.215. The van der Waals surface area contributed by atoms with Gasteiger partial charge >= 0.3 is 0 Å². The molecule has 0 aliphatic heterocycles. The van der Waals surface area contributed by atoms with Crippen LogP contribution in [0.2, 0.25) is 0 Å². The van der Waals surface area contributed by atoms with Crippen molar-refractivity contribution in [3.8, 4) is 0 Å². The van der Waals surface area contributed by atoms with Gasteiger partial charge in [-0.1, -0.05) is 78.8 Å². The van der Waals surface area contributed by atoms with Gasteiger partial charge in [0.25, 0.3) is 0 Å². The highest BCUT2D eigenvalue weighted by atomic mass is 19.2. The molecule has 4 heteroatoms. The molecule has 0 saturated carbocycles. The first-order valence-electron chi connectivity index (χ1n) is 9.63. The minimum atomic E-state index is -1.26. The van der Waals surface area contributed by atoms with E-state index in [1.54, 1.807) is 0 Å². The fourth-order valence-corrected chi connectivity index (χ4v) is 2.20. The second-order valence-electron chi connectivity index (χ2n) is 7.54. The lowest BCUT2D eigenvalue weighted by atomic mass is 9.92. The van der Waals surface area contributed by atoms with Crippen molar-refractivity contribution < 1.29 is 17.9 Å². The first kappa shape index (κ1) is 27.2. The first-order valence-corrected chi connectivity index (χ1v) is 9.63. The third-order valence-corrected chi connectivity index (χ3v) is 4.62. The predicted molar refractivity (Wildman–Crippen MR) is 123 cm³/mol. The molecule has 0 spiro atoms. The lowest BCUT2D eigenvalue weighted by Crippen LogP contribution is -2.00. The number of hydrogen-bond acceptors (Lipinski definition) is 1. The Bertz CT molecular complexity index is 819. The zero-order valence-electron chi connectivity index (χ0n) is 18.6. The van der Waals surface area contributed by atoms with Gasteiger partial charge in [0.15, 0.2) is 5.83 Å². The van der Waals surface area contributed by atoms with Crippen LogP contribution in [0.3, 0.4) is 0 Å². The van der Waals surface area contributed by atoms with E-state index in [1.165, 1.54) is 25.3 Å². The number of hydrogen-bond donors (Lipinski definition) is 0. The average Bonchev–Trinajstić information content (AvgIpc) is 2.72. The van der Waals surface area contributed by atoms with E-state index in [1.807, 2.05) is 6.92 Å². The summed E-state index contributed by atoms with van der Waals surface area (Å²) in [6, 6.07) is 0. The van der Waals surface area contributed by atoms with Crippen LogP contribution in [0, 0.1) is 11.8 Å². The van der Waals surface area contributed by atoms with Crippen molar-refractivity contribution in [2.45, 2.75) is 33.6 Å². The maximum absolute atomic E-state index is 14.5. The maximum atomic E-state index is 14.5. The SMILES string of the molecule is C=C(/C=C\C(=C)C(=C)/C(F)=C\C(=C)C(C)CCC(C)C)C(=C)/C(F)=C(/F)C(=C)OC. The number of ether oxygens (including phenoxy) is 1. The van der Waals surface area contributed by atoms with Gasteiger partial charge in [-0.15, -0.1) is 0 Å². The fourth-order valence-electron chi connectivity index (χ4n) is 2.20. The van der Waals surface area contributed by atoms with Crippen molar-refractivity contribution in [3.05, 3.63) is 109 Å². The van der Waals surface area contributed by atoms with Gasteiger partial charge in [-0.3, -0.25) is 0 Å². The second kappa shape index (κ2) is 12.7. The van der Waals surface area contributed by atoms with Gasteiger partial charge in [0.2, 0.25) is 5.83 Å². The Labute approximate surface area is 179 Å². The van der Waals surface area contributed by atoms with Crippen LogP contribution < -0.4 is 0 Å². The normalized spacial score (nSPS) is 13.7. The van der Waals surface area contributed by atoms with Crippen molar-refractivity contribution in [3.63, 3.8) is 0 Å². The predicted octanol–water partition coefficient (Wildman–Crippen LogP) is 8.56. The summed E-state index contributed by atoms with van der Waals surface area (Å²) in [7, 11) is 1.17. The number of halogens is 3. The number of allylic oxidation sites excluding steroid dienone is 11. The Morgan fingerprint density at radius 2 is 1.30 bits per heavy atom. The van der Waals surface area contributed by atoms with E-state index >= 15 is 0 Å². The smallest absolute Gasteiger partial charge is 0.200 e. The summed E-state index contributed by atoms with van der Waals surface area (Å²) in [5.41, 5.74) is 0.786. The maximum Gasteiger partial charge on any atom is 0.200 e. The van der Waals surface area contributed by atoms with Crippen molar-refractivity contribution in [1.29, 1.82) is 0 Å². The average molecular weight is 419 g/mol. The fraction of sp³-hybridized carbons (Fsp3) is 0.308. The van der Waals surface area contributed by atoms with Crippen molar-refractivity contribution in [2.75, 3.05) is 7.11 Å². The summed E-state index contributed by atoms with van der Waals surface area (Å²) in [4.78, 5) is 0. The molecule has 0 aromatic heterocycles. The largest absolute Gasteiger partial charge is 0.494 e. The molecular weight excluding hydrogens is 385 g/mol. The molecule has 164 valence electrons. The third-order valence-electron chi connectivity index (χ3n) is 4.62. The molecule has 0 aromatic carbocycles. The Balaban J connectivity index is 5.15. The van der Waals surface area contributed by atoms with Gasteiger partial charge in [-0.2, -0.15) is 4.39 Å². The minimum absolute atomic E-state index is 0.0665. The highest BCUT2D eigenvalue weighted by Gasteiger charge is 2.15. The van der Waals surface area contributed by atoms with Gasteiger partial charge < -0.3 is 4.74 Å². The zero-order chi connectivity index (χ0) is 23.6. The van der Waals surface area contributed by atoms with Gasteiger partial charge in [-0.05, 0) is 41.1 Å². The molecule has 0 aliphatic rings. The molecule has 0 rings (SSSR count). The summed E-state index contributed by atoms with van der Waals surface area (Å²) >= 11 is 0. The molecule has 0 bridgehead atoms. The van der Waals surface area contributed by atoms with Crippen LogP contribution in [0.4, 0.5) is 13.2 Å². The van der Waals surface area contributed by atoms with Crippen molar-refractivity contribution >= 4 is 0 Å². The van der Waals surface area contributed by atoms with Crippen LogP contribution >= 0.6 is 0 Å². The Hall–Kier alpha value is -2.75. The summed E-state index contributed by atoms with van der Waals surface area (Å²) in [5, 5.41) is 0. The molecule has 0 N–H and O–H groups in total. The van der Waals surface area contributed by atoms with E-state index in [4.69, 9.17) is 0 Å². The third kappa shape index (κ3) is 8.73. The summed E-state index contributed by atoms with van der Waals surface area (Å²) in [6.45, 7) is 28.0. The highest BCUT2D eigenvalue weighted by molar-refractivity contribution is 5.53. The molecule has 0 fully saturated rings. The summed E-state index contributed by atoms with van der Waals surface area (Å²) in [6.07, 6.45) is 6.06. The van der Waals surface area contributed by atoms with Crippen molar-refractivity contribution in [2.24, 2.45) is 11.8 Å². The van der Waals surface area contributed by atoms with E-state index in [9.17, 15) is 13.2 Å². The van der Waals surface area contributed by atoms with Gasteiger partial charge in [0.05, 0.1) is 7.11 Å². The zero-order valence-corrected chi connectivity index (χ0v) is 18.6. The standard InChI is InChI=1S/C26H33F3O/c1-16(2)11-12-17(3)20(6)15-24(27)21(7)18(4)13-14-19(5)22(8)25(28)26(29)23(9)30-10/h13-17H,4-9,11-12H2,1-3,10H3/b14-13-,24-15+,26-25-. The van der Waals surface area contributed by atoms with Crippen LogP contribution in [0.5, 0.6) is 0 Å².